The molecule has 0 aliphatic carbocycles. The van der Waals surface area contributed by atoms with Crippen LogP contribution in [0.4, 0.5) is 0 Å². The van der Waals surface area contributed by atoms with Crippen LogP contribution in [0.2, 0.25) is 0 Å². The molecule has 1 aliphatic heterocycles. The summed E-state index contributed by atoms with van der Waals surface area (Å²) in [5, 5.41) is 1.71. The van der Waals surface area contributed by atoms with Crippen LogP contribution in [0, 0.1) is 11.8 Å². The van der Waals surface area contributed by atoms with Crippen LogP contribution in [0.1, 0.15) is 33.1 Å². The monoisotopic (exact) mass is 373 g/mol. The lowest BCUT2D eigenvalue weighted by Crippen LogP contribution is -2.50. The summed E-state index contributed by atoms with van der Waals surface area (Å²) in [6.45, 7) is 4.36. The second-order valence-corrected chi connectivity index (χ2v) is 9.38. The van der Waals surface area contributed by atoms with E-state index in [9.17, 15) is 18.0 Å². The van der Waals surface area contributed by atoms with Crippen LogP contribution in [0.3, 0.4) is 0 Å². The highest BCUT2D eigenvalue weighted by Crippen LogP contribution is 2.26. The van der Waals surface area contributed by atoms with Crippen molar-refractivity contribution in [2.24, 2.45) is 11.8 Å². The number of carbonyl (C=O) groups excluding carboxylic acids is 2. The highest BCUT2D eigenvalue weighted by molar-refractivity contribution is 7.91. The third-order valence-corrected chi connectivity index (χ3v) is 7.00. The first-order valence-electron chi connectivity index (χ1n) is 7.93. The molecule has 2 heterocycles. The van der Waals surface area contributed by atoms with Gasteiger partial charge >= 0.3 is 0 Å². The fraction of sp³-hybridized carbons (Fsp3) is 0.600. The van der Waals surface area contributed by atoms with Gasteiger partial charge in [-0.15, -0.1) is 11.3 Å². The normalized spacial score (nSPS) is 19.2. The minimum atomic E-state index is -3.55. The Morgan fingerprint density at radius 2 is 2.12 bits per heavy atom. The van der Waals surface area contributed by atoms with E-state index in [0.29, 0.717) is 25.8 Å². The van der Waals surface area contributed by atoms with Crippen molar-refractivity contribution in [1.82, 2.24) is 15.2 Å². The summed E-state index contributed by atoms with van der Waals surface area (Å²) in [7, 11) is -3.55. The fourth-order valence-corrected chi connectivity index (χ4v) is 5.24. The van der Waals surface area contributed by atoms with Gasteiger partial charge in [0.05, 0.1) is 5.92 Å². The summed E-state index contributed by atoms with van der Waals surface area (Å²) in [5.74, 6) is -0.869. The molecule has 7 nitrogen and oxygen atoms in total. The van der Waals surface area contributed by atoms with E-state index in [0.717, 1.165) is 0 Å². The van der Waals surface area contributed by atoms with Crippen molar-refractivity contribution < 1.29 is 18.0 Å². The van der Waals surface area contributed by atoms with Gasteiger partial charge in [-0.1, -0.05) is 19.9 Å². The lowest BCUT2D eigenvalue weighted by molar-refractivity contribution is -0.132. The van der Waals surface area contributed by atoms with Gasteiger partial charge < -0.3 is 0 Å². The minimum Gasteiger partial charge on any atom is -0.273 e. The molecular formula is C15H23N3O4S2. The van der Waals surface area contributed by atoms with Crippen molar-refractivity contribution >= 4 is 33.2 Å². The van der Waals surface area contributed by atoms with Crippen molar-refractivity contribution in [3.8, 4) is 0 Å². The maximum atomic E-state index is 12.5. The molecule has 1 aromatic heterocycles. The first kappa shape index (κ1) is 18.9. The van der Waals surface area contributed by atoms with E-state index in [2.05, 4.69) is 10.9 Å². The van der Waals surface area contributed by atoms with Crippen molar-refractivity contribution in [3.05, 3.63) is 17.5 Å². The Balaban J connectivity index is 1.93. The fourth-order valence-electron chi connectivity index (χ4n) is 2.57. The number of thiophene rings is 1. The largest absolute Gasteiger partial charge is 0.273 e. The van der Waals surface area contributed by atoms with E-state index in [1.54, 1.807) is 17.5 Å². The van der Waals surface area contributed by atoms with Crippen molar-refractivity contribution in [2.45, 2.75) is 37.3 Å². The van der Waals surface area contributed by atoms with Gasteiger partial charge in [0.15, 0.2) is 0 Å². The summed E-state index contributed by atoms with van der Waals surface area (Å²) >= 11 is 1.17. The Kier molecular flexibility index (Phi) is 6.36. The number of hydrogen-bond donors (Lipinski definition) is 2. The zero-order chi connectivity index (χ0) is 17.7. The Morgan fingerprint density at radius 3 is 2.75 bits per heavy atom. The van der Waals surface area contributed by atoms with E-state index in [1.165, 1.54) is 15.6 Å². The molecule has 1 unspecified atom stereocenters. The first-order chi connectivity index (χ1) is 11.3. The topological polar surface area (TPSA) is 95.6 Å². The SMILES string of the molecule is CC(C)CC(=O)NNC(=O)C1CCCN(S(=O)(=O)c2cccs2)C1. The number of rotatable bonds is 5. The molecule has 1 atom stereocenters. The van der Waals surface area contributed by atoms with Crippen LogP contribution in [-0.4, -0.2) is 37.6 Å². The summed E-state index contributed by atoms with van der Waals surface area (Å²) in [4.78, 5) is 23.8. The number of hydrogen-bond acceptors (Lipinski definition) is 5. The third kappa shape index (κ3) is 4.78. The van der Waals surface area contributed by atoms with Crippen LogP contribution < -0.4 is 10.9 Å². The smallest absolute Gasteiger partial charge is 0.252 e. The number of carbonyl (C=O) groups is 2. The van der Waals surface area contributed by atoms with E-state index >= 15 is 0 Å². The van der Waals surface area contributed by atoms with E-state index < -0.39 is 15.9 Å². The quantitative estimate of drug-likeness (QED) is 0.762. The molecule has 0 spiro atoms. The Morgan fingerprint density at radius 1 is 1.38 bits per heavy atom. The highest BCUT2D eigenvalue weighted by atomic mass is 32.2. The maximum absolute atomic E-state index is 12.5. The third-order valence-electron chi connectivity index (χ3n) is 3.76. The van der Waals surface area contributed by atoms with Gasteiger partial charge in [-0.05, 0) is 30.2 Å². The van der Waals surface area contributed by atoms with Crippen molar-refractivity contribution in [3.63, 3.8) is 0 Å². The Bertz CT molecular complexity index is 671. The first-order valence-corrected chi connectivity index (χ1v) is 10.2. The molecule has 1 fully saturated rings. The standard InChI is InChI=1S/C15H23N3O4S2/c1-11(2)9-13(19)16-17-15(20)12-5-3-7-18(10-12)24(21,22)14-6-4-8-23-14/h4,6,8,11-12H,3,5,7,9-10H2,1-2H3,(H,16,19)(H,17,20). The van der Waals surface area contributed by atoms with E-state index in [4.69, 9.17) is 0 Å². The number of nitrogens with zero attached hydrogens (tertiary/aromatic N) is 1. The molecule has 1 saturated heterocycles. The number of amides is 2. The van der Waals surface area contributed by atoms with Crippen molar-refractivity contribution in [1.29, 1.82) is 0 Å². The second-order valence-electron chi connectivity index (χ2n) is 6.27. The van der Waals surface area contributed by atoms with Crippen LogP contribution in [0.15, 0.2) is 21.7 Å². The minimum absolute atomic E-state index is 0.131. The number of sulfonamides is 1. The molecule has 1 aromatic rings. The summed E-state index contributed by atoms with van der Waals surface area (Å²) in [5.41, 5.74) is 4.79. The number of nitrogens with one attached hydrogen (secondary N) is 2. The predicted molar refractivity (Wildman–Crippen MR) is 91.5 cm³/mol. The summed E-state index contributed by atoms with van der Waals surface area (Å²) in [6.07, 6.45) is 1.54. The van der Waals surface area contributed by atoms with Gasteiger partial charge in [-0.3, -0.25) is 20.4 Å². The van der Waals surface area contributed by atoms with Crippen LogP contribution in [0.5, 0.6) is 0 Å². The number of hydrazine groups is 1. The lowest BCUT2D eigenvalue weighted by atomic mass is 9.99. The second kappa shape index (κ2) is 8.09. The van der Waals surface area contributed by atoms with Crippen molar-refractivity contribution in [2.75, 3.05) is 13.1 Å². The molecule has 24 heavy (non-hydrogen) atoms. The molecule has 0 bridgehead atoms. The summed E-state index contributed by atoms with van der Waals surface area (Å²) in [6, 6.07) is 3.26. The number of piperidine rings is 1. The van der Waals surface area contributed by atoms with E-state index in [1.807, 2.05) is 13.8 Å². The molecular weight excluding hydrogens is 350 g/mol. The van der Waals surface area contributed by atoms with Gasteiger partial charge in [0.25, 0.3) is 10.0 Å². The Labute approximate surface area is 146 Å². The van der Waals surface area contributed by atoms with Gasteiger partial charge in [-0.2, -0.15) is 4.31 Å². The molecule has 2 amide bonds. The van der Waals surface area contributed by atoms with Crippen LogP contribution in [0.25, 0.3) is 0 Å². The molecule has 1 aliphatic rings. The van der Waals surface area contributed by atoms with Crippen LogP contribution >= 0.6 is 11.3 Å². The average molecular weight is 374 g/mol. The molecule has 9 heteroatoms. The predicted octanol–water partition coefficient (Wildman–Crippen LogP) is 1.34. The van der Waals surface area contributed by atoms with Crippen LogP contribution in [-0.2, 0) is 19.6 Å². The molecule has 0 aromatic carbocycles. The Hall–Kier alpha value is -1.45. The zero-order valence-electron chi connectivity index (χ0n) is 13.8. The average Bonchev–Trinajstić information content (AvgIpc) is 3.07. The van der Waals surface area contributed by atoms with Gasteiger partial charge in [0, 0.05) is 19.5 Å². The summed E-state index contributed by atoms with van der Waals surface area (Å²) < 4.78 is 26.7. The van der Waals surface area contributed by atoms with Gasteiger partial charge in [0.2, 0.25) is 11.8 Å². The van der Waals surface area contributed by atoms with Gasteiger partial charge in [0.1, 0.15) is 4.21 Å². The van der Waals surface area contributed by atoms with E-state index in [-0.39, 0.29) is 28.5 Å². The lowest BCUT2D eigenvalue weighted by Gasteiger charge is -2.30. The van der Waals surface area contributed by atoms with Gasteiger partial charge in [-0.25, -0.2) is 8.42 Å². The zero-order valence-corrected chi connectivity index (χ0v) is 15.5. The molecule has 134 valence electrons. The maximum Gasteiger partial charge on any atom is 0.252 e. The molecule has 2 N–H and O–H groups in total. The molecule has 2 rings (SSSR count). The highest BCUT2D eigenvalue weighted by Gasteiger charge is 2.33. The molecule has 0 radical (unpaired) electrons. The molecule has 0 saturated carbocycles.